The topological polar surface area (TPSA) is 163 Å². The number of carboxylic acids is 1. The zero-order chi connectivity index (χ0) is 34.2. The Hall–Kier alpha value is -6.30. The molecule has 0 aliphatic heterocycles. The summed E-state index contributed by atoms with van der Waals surface area (Å²) in [5, 5.41) is 14.9. The highest BCUT2D eigenvalue weighted by Gasteiger charge is 2.25. The molecule has 0 saturated carbocycles. The van der Waals surface area contributed by atoms with E-state index in [0.717, 1.165) is 5.56 Å². The van der Waals surface area contributed by atoms with Gasteiger partial charge in [0, 0.05) is 29.8 Å². The van der Waals surface area contributed by atoms with Crippen molar-refractivity contribution >= 4 is 34.4 Å². The molecule has 2 amide bonds. The number of amides is 2. The number of hydrogen-bond donors (Lipinski definition) is 3. The normalized spacial score (nSPS) is 11.3. The third-order valence-electron chi connectivity index (χ3n) is 7.34. The van der Waals surface area contributed by atoms with Gasteiger partial charge in [0.15, 0.2) is 23.5 Å². The monoisotopic (exact) mass is 652 g/mol. The SMILES string of the molecule is COc1ccccc1C(=O)Nc1cccc(-c2cc(=O)c3c(OCC(=O)N[C@@H](Cc4ccccc4)C(=O)O)c(OC)c(OC)cc3o2)c1. The Bertz CT molecular complexity index is 2020. The van der Waals surface area contributed by atoms with Crippen LogP contribution < -0.4 is 35.0 Å². The second-order valence-corrected chi connectivity index (χ2v) is 10.5. The summed E-state index contributed by atoms with van der Waals surface area (Å²) in [5.41, 5.74) is 1.56. The van der Waals surface area contributed by atoms with E-state index in [1.807, 2.05) is 0 Å². The molecule has 0 radical (unpaired) electrons. The smallest absolute Gasteiger partial charge is 0.326 e. The van der Waals surface area contributed by atoms with E-state index in [4.69, 9.17) is 23.4 Å². The van der Waals surface area contributed by atoms with Gasteiger partial charge in [0.2, 0.25) is 5.75 Å². The van der Waals surface area contributed by atoms with E-state index in [1.165, 1.54) is 33.5 Å². The molecule has 0 fully saturated rings. The van der Waals surface area contributed by atoms with Crippen LogP contribution in [0.15, 0.2) is 100 Å². The molecule has 12 nitrogen and oxygen atoms in total. The van der Waals surface area contributed by atoms with Crippen LogP contribution in [0.2, 0.25) is 0 Å². The maximum atomic E-state index is 13.6. The summed E-state index contributed by atoms with van der Waals surface area (Å²) in [7, 11) is 4.21. The number of methoxy groups -OCH3 is 3. The zero-order valence-corrected chi connectivity index (χ0v) is 26.3. The summed E-state index contributed by atoms with van der Waals surface area (Å²) in [6.45, 7) is -0.633. The highest BCUT2D eigenvalue weighted by atomic mass is 16.5. The quantitative estimate of drug-likeness (QED) is 0.159. The maximum Gasteiger partial charge on any atom is 0.326 e. The number of carbonyl (C=O) groups excluding carboxylic acids is 2. The molecule has 1 aromatic heterocycles. The van der Waals surface area contributed by atoms with Gasteiger partial charge in [-0.05, 0) is 29.8 Å². The number of anilines is 1. The van der Waals surface area contributed by atoms with Crippen molar-refractivity contribution in [1.82, 2.24) is 5.32 Å². The minimum atomic E-state index is -1.21. The van der Waals surface area contributed by atoms with Crippen LogP contribution in [-0.2, 0) is 16.0 Å². The molecule has 1 atom stereocenters. The molecule has 0 spiro atoms. The van der Waals surface area contributed by atoms with E-state index in [1.54, 1.807) is 78.9 Å². The molecule has 12 heteroatoms. The number of carboxylic acid groups (broad SMARTS) is 1. The molecular weight excluding hydrogens is 620 g/mol. The van der Waals surface area contributed by atoms with Crippen LogP contribution in [0.1, 0.15) is 15.9 Å². The summed E-state index contributed by atoms with van der Waals surface area (Å²) in [6, 6.07) is 23.9. The number of ether oxygens (including phenoxy) is 4. The highest BCUT2D eigenvalue weighted by Crippen LogP contribution is 2.43. The second kappa shape index (κ2) is 14.9. The maximum absolute atomic E-state index is 13.6. The fourth-order valence-corrected chi connectivity index (χ4v) is 5.08. The van der Waals surface area contributed by atoms with E-state index in [0.29, 0.717) is 22.6 Å². The first kappa shape index (κ1) is 33.1. The Morgan fingerprint density at radius 3 is 2.25 bits per heavy atom. The number of benzene rings is 4. The number of rotatable bonds is 13. The zero-order valence-electron chi connectivity index (χ0n) is 26.3. The van der Waals surface area contributed by atoms with Gasteiger partial charge < -0.3 is 39.1 Å². The first-order valence-corrected chi connectivity index (χ1v) is 14.7. The number of fused-ring (bicyclic) bond motifs is 1. The van der Waals surface area contributed by atoms with Crippen molar-refractivity contribution in [2.45, 2.75) is 12.5 Å². The Kier molecular flexibility index (Phi) is 10.2. The van der Waals surface area contributed by atoms with Gasteiger partial charge in [0.25, 0.3) is 11.8 Å². The van der Waals surface area contributed by atoms with Crippen molar-refractivity contribution < 1.29 is 42.9 Å². The van der Waals surface area contributed by atoms with Crippen LogP contribution in [-0.4, -0.2) is 56.9 Å². The van der Waals surface area contributed by atoms with Crippen LogP contribution in [0, 0.1) is 0 Å². The number of aliphatic carboxylic acids is 1. The van der Waals surface area contributed by atoms with Crippen LogP contribution in [0.4, 0.5) is 5.69 Å². The number of para-hydroxylation sites is 1. The summed E-state index contributed by atoms with van der Waals surface area (Å²) >= 11 is 0. The third-order valence-corrected chi connectivity index (χ3v) is 7.34. The predicted octanol–water partition coefficient (Wildman–Crippen LogP) is 4.93. The van der Waals surface area contributed by atoms with Gasteiger partial charge in [0.05, 0.1) is 26.9 Å². The largest absolute Gasteiger partial charge is 0.496 e. The van der Waals surface area contributed by atoms with Crippen molar-refractivity contribution in [3.05, 3.63) is 112 Å². The summed E-state index contributed by atoms with van der Waals surface area (Å²) in [6.07, 6.45) is 0.0605. The van der Waals surface area contributed by atoms with Crippen molar-refractivity contribution in [3.63, 3.8) is 0 Å². The molecule has 5 aromatic rings. The molecule has 0 bridgehead atoms. The van der Waals surface area contributed by atoms with Gasteiger partial charge in [-0.1, -0.05) is 54.6 Å². The van der Waals surface area contributed by atoms with Crippen molar-refractivity contribution in [3.8, 4) is 34.3 Å². The lowest BCUT2D eigenvalue weighted by atomic mass is 10.1. The lowest BCUT2D eigenvalue weighted by Gasteiger charge is -2.18. The average Bonchev–Trinajstić information content (AvgIpc) is 3.10. The first-order chi connectivity index (χ1) is 23.2. The molecule has 5 rings (SSSR count). The van der Waals surface area contributed by atoms with Gasteiger partial charge in [-0.15, -0.1) is 0 Å². The minimum Gasteiger partial charge on any atom is -0.496 e. The summed E-state index contributed by atoms with van der Waals surface area (Å²) in [5.74, 6) is -1.65. The molecule has 0 saturated heterocycles. The van der Waals surface area contributed by atoms with Crippen LogP contribution in [0.25, 0.3) is 22.3 Å². The van der Waals surface area contributed by atoms with E-state index in [9.17, 15) is 24.3 Å². The highest BCUT2D eigenvalue weighted by molar-refractivity contribution is 6.06. The molecule has 246 valence electrons. The van der Waals surface area contributed by atoms with Crippen molar-refractivity contribution in [2.24, 2.45) is 0 Å². The van der Waals surface area contributed by atoms with Gasteiger partial charge in [-0.25, -0.2) is 4.79 Å². The van der Waals surface area contributed by atoms with Gasteiger partial charge in [0.1, 0.15) is 28.5 Å². The summed E-state index contributed by atoms with van der Waals surface area (Å²) in [4.78, 5) is 51.3. The Balaban J connectivity index is 1.42. The van der Waals surface area contributed by atoms with E-state index < -0.39 is 30.0 Å². The average molecular weight is 653 g/mol. The van der Waals surface area contributed by atoms with E-state index in [-0.39, 0.29) is 46.3 Å². The van der Waals surface area contributed by atoms with E-state index in [2.05, 4.69) is 10.6 Å². The molecule has 48 heavy (non-hydrogen) atoms. The van der Waals surface area contributed by atoms with E-state index >= 15 is 0 Å². The van der Waals surface area contributed by atoms with Gasteiger partial charge in [-0.2, -0.15) is 0 Å². The number of nitrogens with one attached hydrogen (secondary N) is 2. The molecule has 0 aliphatic rings. The van der Waals surface area contributed by atoms with Crippen LogP contribution >= 0.6 is 0 Å². The van der Waals surface area contributed by atoms with Crippen molar-refractivity contribution in [1.29, 1.82) is 0 Å². The third kappa shape index (κ3) is 7.39. The predicted molar refractivity (Wildman–Crippen MR) is 177 cm³/mol. The number of carbonyl (C=O) groups is 3. The molecule has 4 aromatic carbocycles. The van der Waals surface area contributed by atoms with Gasteiger partial charge in [-0.3, -0.25) is 14.4 Å². The Morgan fingerprint density at radius 2 is 1.54 bits per heavy atom. The minimum absolute atomic E-state index is 0.0242. The molecule has 0 aliphatic carbocycles. The Labute approximate surface area is 274 Å². The second-order valence-electron chi connectivity index (χ2n) is 10.5. The van der Waals surface area contributed by atoms with Crippen LogP contribution in [0.3, 0.4) is 0 Å². The fraction of sp³-hybridized carbons (Fsp3) is 0.167. The fourth-order valence-electron chi connectivity index (χ4n) is 5.08. The molecule has 1 heterocycles. The first-order valence-electron chi connectivity index (χ1n) is 14.7. The lowest BCUT2D eigenvalue weighted by Crippen LogP contribution is -2.44. The lowest BCUT2D eigenvalue weighted by molar-refractivity contribution is -0.142. The molecular formula is C36H32N2O10. The summed E-state index contributed by atoms with van der Waals surface area (Å²) < 4.78 is 28.2. The van der Waals surface area contributed by atoms with Crippen LogP contribution in [0.5, 0.6) is 23.0 Å². The van der Waals surface area contributed by atoms with Crippen molar-refractivity contribution in [2.75, 3.05) is 33.3 Å². The Morgan fingerprint density at radius 1 is 0.812 bits per heavy atom. The molecule has 3 N–H and O–H groups in total. The van der Waals surface area contributed by atoms with Gasteiger partial charge >= 0.3 is 5.97 Å². The molecule has 0 unspecified atom stereocenters. The standard InChI is InChI=1S/C36H32N2O10/c1-44-27-15-8-7-14-24(27)35(41)37-23-13-9-12-22(17-23)28-18-26(39)32-29(48-28)19-30(45-2)33(46-3)34(32)47-20-31(40)38-25(36(42)43)16-21-10-5-4-6-11-21/h4-15,17-19,25H,16,20H2,1-3H3,(H,37,41)(H,38,40)(H,42,43)/t25-/m0/s1. The number of hydrogen-bond acceptors (Lipinski definition) is 9.